The summed E-state index contributed by atoms with van der Waals surface area (Å²) in [6, 6.07) is 12.6. The molecule has 1 N–H and O–H groups in total. The van der Waals surface area contributed by atoms with Crippen molar-refractivity contribution in [2.24, 2.45) is 0 Å². The normalized spacial score (nSPS) is 13.0. The van der Waals surface area contributed by atoms with Gasteiger partial charge in [-0.15, -0.1) is 0 Å². The summed E-state index contributed by atoms with van der Waals surface area (Å²) >= 11 is 0. The van der Waals surface area contributed by atoms with E-state index in [0.717, 1.165) is 36.8 Å². The molecule has 0 bridgehead atoms. The predicted molar refractivity (Wildman–Crippen MR) is 128 cm³/mol. The Morgan fingerprint density at radius 3 is 2.29 bits per heavy atom. The molecule has 1 aromatic heterocycles. The van der Waals surface area contributed by atoms with E-state index in [0.29, 0.717) is 34.3 Å². The van der Waals surface area contributed by atoms with Crippen molar-refractivity contribution in [3.05, 3.63) is 48.0 Å². The molecule has 9 heteroatoms. The van der Waals surface area contributed by atoms with Crippen LogP contribution in [0.25, 0.3) is 10.9 Å². The van der Waals surface area contributed by atoms with E-state index < -0.39 is 18.5 Å². The summed E-state index contributed by atoms with van der Waals surface area (Å²) in [6.45, 7) is 1.20. The van der Waals surface area contributed by atoms with Crippen LogP contribution in [0.3, 0.4) is 0 Å². The third-order valence-corrected chi connectivity index (χ3v) is 5.61. The average Bonchev–Trinajstić information content (AvgIpc) is 3.40. The zero-order valence-corrected chi connectivity index (χ0v) is 19.4. The number of ether oxygens (including phenoxy) is 4. The molecule has 4 rings (SSSR count). The average molecular weight is 466 g/mol. The number of benzene rings is 2. The standard InChI is InChI=1S/C25H27N3O6/c1-31-20-13-17(14-21(32-2)23(20)33-3)26-22(29)15-34-25(30)18-12-16-8-4-5-9-19(16)27-24(18)28-10-6-7-11-28/h4-5,8-9,12-14H,6-7,10-11,15H2,1-3H3,(H,26,29). The van der Waals surface area contributed by atoms with Crippen LogP contribution in [0.15, 0.2) is 42.5 Å². The number of hydrogen-bond acceptors (Lipinski definition) is 8. The second-order valence-corrected chi connectivity index (χ2v) is 7.78. The van der Waals surface area contributed by atoms with Crippen molar-refractivity contribution in [2.45, 2.75) is 12.8 Å². The van der Waals surface area contributed by atoms with Gasteiger partial charge in [0, 0.05) is 36.3 Å². The molecule has 0 spiro atoms. The van der Waals surface area contributed by atoms with Crippen LogP contribution in [-0.2, 0) is 9.53 Å². The number of carbonyl (C=O) groups is 2. The summed E-state index contributed by atoms with van der Waals surface area (Å²) in [4.78, 5) is 32.3. The fourth-order valence-corrected chi connectivity index (χ4v) is 3.99. The summed E-state index contributed by atoms with van der Waals surface area (Å²) in [5.41, 5.74) is 1.57. The molecule has 0 radical (unpaired) electrons. The lowest BCUT2D eigenvalue weighted by Gasteiger charge is -2.20. The third kappa shape index (κ3) is 4.83. The summed E-state index contributed by atoms with van der Waals surface area (Å²) < 4.78 is 21.3. The number of methoxy groups -OCH3 is 3. The number of nitrogens with one attached hydrogen (secondary N) is 1. The van der Waals surface area contributed by atoms with E-state index in [4.69, 9.17) is 23.9 Å². The van der Waals surface area contributed by atoms with E-state index >= 15 is 0 Å². The lowest BCUT2D eigenvalue weighted by atomic mass is 10.1. The van der Waals surface area contributed by atoms with Gasteiger partial charge < -0.3 is 29.2 Å². The first-order valence-corrected chi connectivity index (χ1v) is 11.0. The zero-order valence-electron chi connectivity index (χ0n) is 19.4. The molecule has 1 saturated heterocycles. The van der Waals surface area contributed by atoms with Crippen LogP contribution in [0.5, 0.6) is 17.2 Å². The van der Waals surface area contributed by atoms with Gasteiger partial charge in [-0.3, -0.25) is 4.79 Å². The first-order valence-electron chi connectivity index (χ1n) is 11.0. The van der Waals surface area contributed by atoms with Gasteiger partial charge in [-0.2, -0.15) is 0 Å². The minimum atomic E-state index is -0.597. The van der Waals surface area contributed by atoms with Crippen molar-refractivity contribution in [3.8, 4) is 17.2 Å². The molecule has 0 saturated carbocycles. The van der Waals surface area contributed by atoms with E-state index in [2.05, 4.69) is 10.2 Å². The molecule has 178 valence electrons. The predicted octanol–water partition coefficient (Wildman–Crippen LogP) is 3.66. The van der Waals surface area contributed by atoms with Gasteiger partial charge in [0.25, 0.3) is 5.91 Å². The second kappa shape index (κ2) is 10.3. The molecule has 1 aliphatic rings. The highest BCUT2D eigenvalue weighted by molar-refractivity contribution is 6.01. The maximum Gasteiger partial charge on any atom is 0.342 e. The van der Waals surface area contributed by atoms with Gasteiger partial charge in [0.05, 0.1) is 26.8 Å². The van der Waals surface area contributed by atoms with Crippen molar-refractivity contribution >= 4 is 34.3 Å². The van der Waals surface area contributed by atoms with Gasteiger partial charge in [-0.05, 0) is 25.0 Å². The van der Waals surface area contributed by atoms with E-state index in [1.807, 2.05) is 24.3 Å². The van der Waals surface area contributed by atoms with Gasteiger partial charge >= 0.3 is 5.97 Å². The molecule has 3 aromatic rings. The number of carbonyl (C=O) groups excluding carboxylic acids is 2. The minimum Gasteiger partial charge on any atom is -0.493 e. The fourth-order valence-electron chi connectivity index (χ4n) is 3.99. The van der Waals surface area contributed by atoms with Gasteiger partial charge in [-0.25, -0.2) is 9.78 Å². The Morgan fingerprint density at radius 2 is 1.65 bits per heavy atom. The quantitative estimate of drug-likeness (QED) is 0.503. The highest BCUT2D eigenvalue weighted by atomic mass is 16.5. The molecule has 9 nitrogen and oxygen atoms in total. The number of hydrogen-bond donors (Lipinski definition) is 1. The number of pyridine rings is 1. The van der Waals surface area contributed by atoms with E-state index in [9.17, 15) is 9.59 Å². The molecule has 34 heavy (non-hydrogen) atoms. The fraction of sp³-hybridized carbons (Fsp3) is 0.320. The van der Waals surface area contributed by atoms with Crippen LogP contribution >= 0.6 is 0 Å². The summed E-state index contributed by atoms with van der Waals surface area (Å²) in [5, 5.41) is 3.52. The van der Waals surface area contributed by atoms with E-state index in [1.54, 1.807) is 18.2 Å². The molecular formula is C25H27N3O6. The van der Waals surface area contributed by atoms with Crippen LogP contribution in [0.2, 0.25) is 0 Å². The maximum absolute atomic E-state index is 13.0. The monoisotopic (exact) mass is 465 g/mol. The van der Waals surface area contributed by atoms with Crippen molar-refractivity contribution in [2.75, 3.05) is 51.2 Å². The number of aromatic nitrogens is 1. The maximum atomic E-state index is 13.0. The van der Waals surface area contributed by atoms with Crippen LogP contribution < -0.4 is 24.4 Å². The molecule has 0 atom stereocenters. The second-order valence-electron chi connectivity index (χ2n) is 7.78. The molecule has 0 unspecified atom stereocenters. The lowest BCUT2D eigenvalue weighted by Crippen LogP contribution is -2.25. The first kappa shape index (κ1) is 23.2. The molecule has 2 aromatic carbocycles. The molecule has 2 heterocycles. The van der Waals surface area contributed by atoms with Crippen molar-refractivity contribution in [3.63, 3.8) is 0 Å². The van der Waals surface area contributed by atoms with Crippen molar-refractivity contribution in [1.82, 2.24) is 4.98 Å². The van der Waals surface area contributed by atoms with Gasteiger partial charge in [-0.1, -0.05) is 18.2 Å². The Balaban J connectivity index is 1.49. The highest BCUT2D eigenvalue weighted by Gasteiger charge is 2.24. The lowest BCUT2D eigenvalue weighted by molar-refractivity contribution is -0.119. The molecule has 1 aliphatic heterocycles. The number of fused-ring (bicyclic) bond motifs is 1. The van der Waals surface area contributed by atoms with Gasteiger partial charge in [0.2, 0.25) is 5.75 Å². The number of amides is 1. The minimum absolute atomic E-state index is 0.348. The topological polar surface area (TPSA) is 99.2 Å². The number of para-hydroxylation sites is 1. The van der Waals surface area contributed by atoms with E-state index in [-0.39, 0.29) is 0 Å². The van der Waals surface area contributed by atoms with Crippen LogP contribution in [0.1, 0.15) is 23.2 Å². The number of anilines is 2. The first-order chi connectivity index (χ1) is 16.5. The Bertz CT molecular complexity index is 1180. The van der Waals surface area contributed by atoms with Gasteiger partial charge in [0.15, 0.2) is 18.1 Å². The highest BCUT2D eigenvalue weighted by Crippen LogP contribution is 2.39. The smallest absolute Gasteiger partial charge is 0.342 e. The Morgan fingerprint density at radius 1 is 0.971 bits per heavy atom. The van der Waals surface area contributed by atoms with Crippen molar-refractivity contribution < 1.29 is 28.5 Å². The number of rotatable bonds is 8. The van der Waals surface area contributed by atoms with Crippen LogP contribution in [0.4, 0.5) is 11.5 Å². The SMILES string of the molecule is COc1cc(NC(=O)COC(=O)c2cc3ccccc3nc2N2CCCC2)cc(OC)c1OC. The van der Waals surface area contributed by atoms with E-state index in [1.165, 1.54) is 21.3 Å². The third-order valence-electron chi connectivity index (χ3n) is 5.61. The molecule has 1 amide bonds. The van der Waals surface area contributed by atoms with Crippen LogP contribution in [-0.4, -0.2) is 57.9 Å². The Labute approximate surface area is 197 Å². The largest absolute Gasteiger partial charge is 0.493 e. The zero-order chi connectivity index (χ0) is 24.1. The van der Waals surface area contributed by atoms with Crippen LogP contribution in [0, 0.1) is 0 Å². The number of nitrogens with zero attached hydrogens (tertiary/aromatic N) is 2. The Kier molecular flexibility index (Phi) is 7.01. The molecule has 0 aliphatic carbocycles. The summed E-state index contributed by atoms with van der Waals surface area (Å²) in [6.07, 6.45) is 2.08. The molecular weight excluding hydrogens is 438 g/mol. The van der Waals surface area contributed by atoms with Gasteiger partial charge in [0.1, 0.15) is 11.4 Å². The Hall–Kier alpha value is -4.01. The summed E-state index contributed by atoms with van der Waals surface area (Å²) in [5.74, 6) is 0.691. The molecule has 1 fully saturated rings. The summed E-state index contributed by atoms with van der Waals surface area (Å²) in [7, 11) is 4.47. The van der Waals surface area contributed by atoms with Crippen molar-refractivity contribution in [1.29, 1.82) is 0 Å². The number of esters is 1.